The summed E-state index contributed by atoms with van der Waals surface area (Å²) in [6.45, 7) is 7.00. The first kappa shape index (κ1) is 20.8. The molecule has 0 amide bonds. The van der Waals surface area contributed by atoms with Crippen molar-refractivity contribution in [3.63, 3.8) is 0 Å². The smallest absolute Gasteiger partial charge is 0.320 e. The van der Waals surface area contributed by atoms with E-state index in [-0.39, 0.29) is 5.97 Å². The van der Waals surface area contributed by atoms with E-state index in [4.69, 9.17) is 9.72 Å². The lowest BCUT2D eigenvalue weighted by Crippen LogP contribution is -2.42. The van der Waals surface area contributed by atoms with Gasteiger partial charge in [0.15, 0.2) is 0 Å². The molecule has 2 aliphatic heterocycles. The molecule has 0 saturated carbocycles. The van der Waals surface area contributed by atoms with E-state index in [0.29, 0.717) is 19.2 Å². The fourth-order valence-corrected chi connectivity index (χ4v) is 3.87. The number of piperidine rings is 1. The third kappa shape index (κ3) is 6.62. The van der Waals surface area contributed by atoms with E-state index in [9.17, 15) is 4.79 Å². The van der Waals surface area contributed by atoms with Gasteiger partial charge in [0.1, 0.15) is 5.82 Å². The highest BCUT2D eigenvalue weighted by atomic mass is 16.5. The standard InChI is InChI=1S/C21H35N5O2/c1-2-3-16-28-20(27)17-25-14-9-18(10-15-25)23-21-22-11-8-19(24-21)26-12-6-4-5-7-13-26/h8,11,18H,2-7,9-10,12-17H2,1H3,(H,22,23,24). The lowest BCUT2D eigenvalue weighted by atomic mass is 10.1. The van der Waals surface area contributed by atoms with Crippen molar-refractivity contribution in [2.24, 2.45) is 0 Å². The summed E-state index contributed by atoms with van der Waals surface area (Å²) in [5, 5.41) is 3.50. The molecule has 7 nitrogen and oxygen atoms in total. The van der Waals surface area contributed by atoms with Crippen LogP contribution in [-0.2, 0) is 9.53 Å². The molecule has 0 atom stereocenters. The molecule has 1 aromatic heterocycles. The predicted molar refractivity (Wildman–Crippen MR) is 112 cm³/mol. The van der Waals surface area contributed by atoms with Gasteiger partial charge in [-0.25, -0.2) is 4.98 Å². The zero-order chi connectivity index (χ0) is 19.6. The van der Waals surface area contributed by atoms with Crippen LogP contribution in [0.1, 0.15) is 58.3 Å². The Morgan fingerprint density at radius 2 is 1.93 bits per heavy atom. The van der Waals surface area contributed by atoms with Crippen LogP contribution in [0.3, 0.4) is 0 Å². The number of aromatic nitrogens is 2. The van der Waals surface area contributed by atoms with Crippen molar-refractivity contribution in [3.05, 3.63) is 12.3 Å². The molecule has 0 bridgehead atoms. The highest BCUT2D eigenvalue weighted by Gasteiger charge is 2.22. The van der Waals surface area contributed by atoms with Crippen LogP contribution in [0.25, 0.3) is 0 Å². The fourth-order valence-electron chi connectivity index (χ4n) is 3.87. The SMILES string of the molecule is CCCCOC(=O)CN1CCC(Nc2nccc(N3CCCCCC3)n2)CC1. The molecule has 2 fully saturated rings. The molecule has 0 spiro atoms. The van der Waals surface area contributed by atoms with Gasteiger partial charge in [-0.1, -0.05) is 26.2 Å². The molecule has 28 heavy (non-hydrogen) atoms. The van der Waals surface area contributed by atoms with Gasteiger partial charge in [-0.2, -0.15) is 4.98 Å². The first-order chi connectivity index (χ1) is 13.7. The van der Waals surface area contributed by atoms with Crippen LogP contribution >= 0.6 is 0 Å². The second-order valence-corrected chi connectivity index (χ2v) is 7.91. The van der Waals surface area contributed by atoms with Gasteiger partial charge in [0.05, 0.1) is 13.2 Å². The monoisotopic (exact) mass is 389 g/mol. The van der Waals surface area contributed by atoms with Crippen LogP contribution in [-0.4, -0.2) is 66.2 Å². The van der Waals surface area contributed by atoms with Gasteiger partial charge in [0, 0.05) is 38.4 Å². The zero-order valence-electron chi connectivity index (χ0n) is 17.2. The van der Waals surface area contributed by atoms with Gasteiger partial charge < -0.3 is 15.0 Å². The number of nitrogens with one attached hydrogen (secondary N) is 1. The van der Waals surface area contributed by atoms with E-state index >= 15 is 0 Å². The highest BCUT2D eigenvalue weighted by molar-refractivity contribution is 5.71. The Bertz CT molecular complexity index is 596. The van der Waals surface area contributed by atoms with Crippen molar-refractivity contribution < 1.29 is 9.53 Å². The summed E-state index contributed by atoms with van der Waals surface area (Å²) in [7, 11) is 0. The Morgan fingerprint density at radius 1 is 1.18 bits per heavy atom. The van der Waals surface area contributed by atoms with Crippen LogP contribution in [0.5, 0.6) is 0 Å². The van der Waals surface area contributed by atoms with Crippen LogP contribution in [0.2, 0.25) is 0 Å². The molecular formula is C21H35N5O2. The Morgan fingerprint density at radius 3 is 2.64 bits per heavy atom. The van der Waals surface area contributed by atoms with E-state index in [1.165, 1.54) is 25.7 Å². The van der Waals surface area contributed by atoms with Crippen molar-refractivity contribution in [2.75, 3.05) is 49.5 Å². The minimum absolute atomic E-state index is 0.103. The number of unbranched alkanes of at least 4 members (excludes halogenated alkanes) is 1. The lowest BCUT2D eigenvalue weighted by molar-refractivity contribution is -0.145. The van der Waals surface area contributed by atoms with Gasteiger partial charge in [0.25, 0.3) is 0 Å². The molecule has 0 aromatic carbocycles. The summed E-state index contributed by atoms with van der Waals surface area (Å²) in [6, 6.07) is 2.37. The minimum atomic E-state index is -0.103. The van der Waals surface area contributed by atoms with Crippen molar-refractivity contribution in [2.45, 2.75) is 64.3 Å². The molecule has 3 rings (SSSR count). The van der Waals surface area contributed by atoms with Gasteiger partial charge in [-0.15, -0.1) is 0 Å². The summed E-state index contributed by atoms with van der Waals surface area (Å²) in [4.78, 5) is 25.6. The number of anilines is 2. The first-order valence-electron chi connectivity index (χ1n) is 11.0. The maximum absolute atomic E-state index is 11.9. The van der Waals surface area contributed by atoms with Crippen molar-refractivity contribution in [1.29, 1.82) is 0 Å². The van der Waals surface area contributed by atoms with Crippen LogP contribution in [0.15, 0.2) is 12.3 Å². The Labute approximate surface area is 168 Å². The van der Waals surface area contributed by atoms with Crippen LogP contribution in [0, 0.1) is 0 Å². The molecule has 1 N–H and O–H groups in total. The number of ether oxygens (including phenoxy) is 1. The number of carbonyl (C=O) groups is 1. The van der Waals surface area contributed by atoms with Gasteiger partial charge in [-0.05, 0) is 38.2 Å². The fraction of sp³-hybridized carbons (Fsp3) is 0.762. The Hall–Kier alpha value is -1.89. The second kappa shape index (κ2) is 11.2. The summed E-state index contributed by atoms with van der Waals surface area (Å²) >= 11 is 0. The Kier molecular flexibility index (Phi) is 8.33. The number of hydrogen-bond donors (Lipinski definition) is 1. The third-order valence-corrected chi connectivity index (χ3v) is 5.61. The number of nitrogens with zero attached hydrogens (tertiary/aromatic N) is 4. The molecule has 3 heterocycles. The second-order valence-electron chi connectivity index (χ2n) is 7.91. The summed E-state index contributed by atoms with van der Waals surface area (Å²) < 4.78 is 5.27. The maximum Gasteiger partial charge on any atom is 0.320 e. The van der Waals surface area contributed by atoms with Crippen molar-refractivity contribution in [1.82, 2.24) is 14.9 Å². The molecule has 7 heteroatoms. The van der Waals surface area contributed by atoms with E-state index in [0.717, 1.165) is 63.6 Å². The van der Waals surface area contributed by atoms with Crippen molar-refractivity contribution in [3.8, 4) is 0 Å². The zero-order valence-corrected chi connectivity index (χ0v) is 17.2. The normalized spacial score (nSPS) is 19.2. The minimum Gasteiger partial charge on any atom is -0.465 e. The highest BCUT2D eigenvalue weighted by Crippen LogP contribution is 2.19. The molecular weight excluding hydrogens is 354 g/mol. The summed E-state index contributed by atoms with van der Waals surface area (Å²) in [5.74, 6) is 1.65. The van der Waals surface area contributed by atoms with Crippen LogP contribution < -0.4 is 10.2 Å². The third-order valence-electron chi connectivity index (χ3n) is 5.61. The number of esters is 1. The molecule has 1 aromatic rings. The van der Waals surface area contributed by atoms with Gasteiger partial charge in [-0.3, -0.25) is 9.69 Å². The largest absolute Gasteiger partial charge is 0.465 e. The van der Waals surface area contributed by atoms with E-state index in [1.807, 2.05) is 12.3 Å². The number of hydrogen-bond acceptors (Lipinski definition) is 7. The molecule has 2 aliphatic rings. The van der Waals surface area contributed by atoms with Gasteiger partial charge in [0.2, 0.25) is 5.95 Å². The van der Waals surface area contributed by atoms with E-state index in [2.05, 4.69) is 27.0 Å². The topological polar surface area (TPSA) is 70.6 Å². The lowest BCUT2D eigenvalue weighted by Gasteiger charge is -2.31. The maximum atomic E-state index is 11.9. The summed E-state index contributed by atoms with van der Waals surface area (Å²) in [6.07, 6.45) is 10.9. The van der Waals surface area contributed by atoms with E-state index < -0.39 is 0 Å². The first-order valence-corrected chi connectivity index (χ1v) is 11.0. The average molecular weight is 390 g/mol. The molecule has 0 radical (unpaired) electrons. The number of carbonyl (C=O) groups excluding carboxylic acids is 1. The molecule has 2 saturated heterocycles. The van der Waals surface area contributed by atoms with Crippen molar-refractivity contribution >= 4 is 17.7 Å². The molecule has 156 valence electrons. The van der Waals surface area contributed by atoms with Gasteiger partial charge >= 0.3 is 5.97 Å². The molecule has 0 aliphatic carbocycles. The predicted octanol–water partition coefficient (Wildman–Crippen LogP) is 3.08. The van der Waals surface area contributed by atoms with Crippen LogP contribution in [0.4, 0.5) is 11.8 Å². The Balaban J connectivity index is 1.43. The molecule has 0 unspecified atom stereocenters. The number of rotatable bonds is 8. The van der Waals surface area contributed by atoms with E-state index in [1.54, 1.807) is 0 Å². The average Bonchev–Trinajstić information content (AvgIpc) is 3.00. The summed E-state index contributed by atoms with van der Waals surface area (Å²) in [5.41, 5.74) is 0. The quantitative estimate of drug-likeness (QED) is 0.541. The number of likely N-dealkylation sites (tertiary alicyclic amines) is 1.